The Morgan fingerprint density at radius 1 is 1.17 bits per heavy atom. The molecule has 1 fully saturated rings. The van der Waals surface area contributed by atoms with Gasteiger partial charge < -0.3 is 9.79 Å². The van der Waals surface area contributed by atoms with E-state index in [2.05, 4.69) is 0 Å². The van der Waals surface area contributed by atoms with Gasteiger partial charge in [0, 0.05) is 5.56 Å². The van der Waals surface area contributed by atoms with Crippen molar-refractivity contribution >= 4 is 7.60 Å². The van der Waals surface area contributed by atoms with Gasteiger partial charge in [0.05, 0.1) is 5.66 Å². The zero-order valence-corrected chi connectivity index (χ0v) is 11.0. The van der Waals surface area contributed by atoms with Gasteiger partial charge in [-0.3, -0.25) is 4.57 Å². The molecule has 1 aromatic rings. The van der Waals surface area contributed by atoms with Crippen molar-refractivity contribution in [3.8, 4) is 0 Å². The quantitative estimate of drug-likeness (QED) is 0.826. The molecule has 0 amide bonds. The van der Waals surface area contributed by atoms with Crippen LogP contribution in [-0.4, -0.2) is 9.79 Å². The second kappa shape index (κ2) is 5.52. The fraction of sp³-hybridized carbons (Fsp3) is 0.538. The fourth-order valence-corrected chi connectivity index (χ4v) is 4.29. The Morgan fingerprint density at radius 3 is 2.33 bits per heavy atom. The van der Waals surface area contributed by atoms with E-state index in [1.807, 2.05) is 0 Å². The lowest BCUT2D eigenvalue weighted by atomic mass is 9.84. The van der Waals surface area contributed by atoms with Crippen LogP contribution in [0.25, 0.3) is 0 Å². The fourth-order valence-electron chi connectivity index (χ4n) is 2.87. The molecular formula is C13H18FO3P. The molecular weight excluding hydrogens is 254 g/mol. The van der Waals surface area contributed by atoms with Crippen molar-refractivity contribution in [1.29, 1.82) is 0 Å². The summed E-state index contributed by atoms with van der Waals surface area (Å²) in [6.07, 6.45) is 4.57. The minimum absolute atomic E-state index is 0.114. The van der Waals surface area contributed by atoms with E-state index < -0.39 is 19.1 Å². The van der Waals surface area contributed by atoms with Crippen LogP contribution in [0.15, 0.2) is 24.3 Å². The van der Waals surface area contributed by atoms with E-state index in [0.29, 0.717) is 0 Å². The van der Waals surface area contributed by atoms with Crippen molar-refractivity contribution < 1.29 is 18.7 Å². The lowest BCUT2D eigenvalue weighted by molar-refractivity contribution is 0.289. The standard InChI is InChI=1S/C13H18FO3P/c14-12-9-5-4-8-11(12)13(18(15,16)17)10-6-2-1-3-7-10/h4-5,8-10,13H,1-3,6-7H2,(H2,15,16,17). The molecule has 0 aromatic heterocycles. The molecule has 18 heavy (non-hydrogen) atoms. The SMILES string of the molecule is O=P(O)(O)C(c1ccccc1F)C1CCCCC1. The lowest BCUT2D eigenvalue weighted by Crippen LogP contribution is -2.17. The second-order valence-corrected chi connectivity index (χ2v) is 6.69. The molecule has 1 aliphatic carbocycles. The predicted molar refractivity (Wildman–Crippen MR) is 67.8 cm³/mol. The minimum atomic E-state index is -4.33. The smallest absolute Gasteiger partial charge is 0.324 e. The summed E-state index contributed by atoms with van der Waals surface area (Å²) in [5.74, 6) is -0.632. The molecule has 1 atom stereocenters. The van der Waals surface area contributed by atoms with Crippen molar-refractivity contribution in [2.45, 2.75) is 37.8 Å². The van der Waals surface area contributed by atoms with Gasteiger partial charge >= 0.3 is 7.60 Å². The number of benzene rings is 1. The molecule has 1 saturated carbocycles. The van der Waals surface area contributed by atoms with Gasteiger partial charge in [-0.25, -0.2) is 4.39 Å². The zero-order valence-electron chi connectivity index (χ0n) is 10.1. The van der Waals surface area contributed by atoms with E-state index in [-0.39, 0.29) is 11.5 Å². The molecule has 0 spiro atoms. The summed E-state index contributed by atoms with van der Waals surface area (Å²) in [4.78, 5) is 19.1. The normalized spacial score (nSPS) is 19.7. The van der Waals surface area contributed by atoms with Crippen molar-refractivity contribution in [3.63, 3.8) is 0 Å². The van der Waals surface area contributed by atoms with Crippen molar-refractivity contribution in [2.75, 3.05) is 0 Å². The third kappa shape index (κ3) is 3.00. The van der Waals surface area contributed by atoms with Crippen LogP contribution in [0.1, 0.15) is 43.3 Å². The average Bonchev–Trinajstić information content (AvgIpc) is 2.32. The molecule has 0 aliphatic heterocycles. The van der Waals surface area contributed by atoms with Gasteiger partial charge in [-0.15, -0.1) is 0 Å². The Morgan fingerprint density at radius 2 is 1.78 bits per heavy atom. The minimum Gasteiger partial charge on any atom is -0.324 e. The van der Waals surface area contributed by atoms with E-state index >= 15 is 0 Å². The van der Waals surface area contributed by atoms with Crippen LogP contribution in [0.3, 0.4) is 0 Å². The third-order valence-electron chi connectivity index (χ3n) is 3.68. The van der Waals surface area contributed by atoms with Crippen LogP contribution in [0.4, 0.5) is 4.39 Å². The van der Waals surface area contributed by atoms with Crippen LogP contribution in [0, 0.1) is 11.7 Å². The lowest BCUT2D eigenvalue weighted by Gasteiger charge is -2.31. The van der Waals surface area contributed by atoms with Crippen LogP contribution in [0.2, 0.25) is 0 Å². The molecule has 5 heteroatoms. The van der Waals surface area contributed by atoms with Crippen LogP contribution < -0.4 is 0 Å². The summed E-state index contributed by atoms with van der Waals surface area (Å²) in [5, 5.41) is 0. The Bertz CT molecular complexity index is 451. The number of rotatable bonds is 3. The van der Waals surface area contributed by atoms with E-state index in [1.54, 1.807) is 6.07 Å². The van der Waals surface area contributed by atoms with Crippen molar-refractivity contribution in [1.82, 2.24) is 0 Å². The first-order chi connectivity index (χ1) is 8.50. The monoisotopic (exact) mass is 272 g/mol. The van der Waals surface area contributed by atoms with Crippen LogP contribution in [0.5, 0.6) is 0 Å². The van der Waals surface area contributed by atoms with E-state index in [9.17, 15) is 18.7 Å². The van der Waals surface area contributed by atoms with Gasteiger partial charge in [0.1, 0.15) is 5.82 Å². The maximum atomic E-state index is 13.8. The Labute approximate surface area is 106 Å². The molecule has 3 nitrogen and oxygen atoms in total. The average molecular weight is 272 g/mol. The topological polar surface area (TPSA) is 57.5 Å². The van der Waals surface area contributed by atoms with Gasteiger partial charge in [0.15, 0.2) is 0 Å². The molecule has 2 N–H and O–H groups in total. The predicted octanol–water partition coefficient (Wildman–Crippen LogP) is 3.62. The summed E-state index contributed by atoms with van der Waals surface area (Å²) >= 11 is 0. The molecule has 1 aromatic carbocycles. The maximum absolute atomic E-state index is 13.8. The van der Waals surface area contributed by atoms with Crippen molar-refractivity contribution in [3.05, 3.63) is 35.6 Å². The Hall–Kier alpha value is -0.700. The summed E-state index contributed by atoms with van der Waals surface area (Å²) < 4.78 is 25.5. The van der Waals surface area contributed by atoms with Crippen LogP contribution in [-0.2, 0) is 4.57 Å². The van der Waals surface area contributed by atoms with Gasteiger partial charge in [0.2, 0.25) is 0 Å². The van der Waals surface area contributed by atoms with Crippen molar-refractivity contribution in [2.24, 2.45) is 5.92 Å². The molecule has 1 unspecified atom stereocenters. The first-order valence-electron chi connectivity index (χ1n) is 6.30. The molecule has 2 rings (SSSR count). The Balaban J connectivity index is 2.37. The zero-order chi connectivity index (χ0) is 13.2. The molecule has 100 valence electrons. The first-order valence-corrected chi connectivity index (χ1v) is 7.98. The molecule has 0 heterocycles. The highest BCUT2D eigenvalue weighted by Gasteiger charge is 2.39. The summed E-state index contributed by atoms with van der Waals surface area (Å²) in [6.45, 7) is 0. The number of halogens is 1. The molecule has 0 radical (unpaired) electrons. The third-order valence-corrected chi connectivity index (χ3v) is 5.11. The molecule has 1 aliphatic rings. The largest absolute Gasteiger partial charge is 0.333 e. The summed E-state index contributed by atoms with van der Waals surface area (Å²) in [7, 11) is -4.33. The number of hydrogen-bond acceptors (Lipinski definition) is 1. The van der Waals surface area contributed by atoms with Gasteiger partial charge in [-0.05, 0) is 24.8 Å². The highest BCUT2D eigenvalue weighted by atomic mass is 31.2. The van der Waals surface area contributed by atoms with Gasteiger partial charge in [-0.2, -0.15) is 0 Å². The highest BCUT2D eigenvalue weighted by Crippen LogP contribution is 2.58. The second-order valence-electron chi connectivity index (χ2n) is 4.95. The molecule has 0 bridgehead atoms. The highest BCUT2D eigenvalue weighted by molar-refractivity contribution is 7.52. The molecule has 0 saturated heterocycles. The number of hydrogen-bond donors (Lipinski definition) is 2. The van der Waals surface area contributed by atoms with Crippen LogP contribution >= 0.6 is 7.60 Å². The Kier molecular flexibility index (Phi) is 4.21. The van der Waals surface area contributed by atoms with E-state index in [1.165, 1.54) is 18.2 Å². The first kappa shape index (κ1) is 13.7. The van der Waals surface area contributed by atoms with E-state index in [4.69, 9.17) is 0 Å². The summed E-state index contributed by atoms with van der Waals surface area (Å²) in [5.41, 5.74) is -0.822. The maximum Gasteiger partial charge on any atom is 0.333 e. The van der Waals surface area contributed by atoms with Gasteiger partial charge in [0.25, 0.3) is 0 Å². The summed E-state index contributed by atoms with van der Waals surface area (Å²) in [6, 6.07) is 5.93. The van der Waals surface area contributed by atoms with E-state index in [0.717, 1.165) is 32.1 Å². The van der Waals surface area contributed by atoms with Gasteiger partial charge in [-0.1, -0.05) is 37.5 Å².